The normalized spacial score (nSPS) is 20.5. The summed E-state index contributed by atoms with van der Waals surface area (Å²) < 4.78 is 31.3. The van der Waals surface area contributed by atoms with Gasteiger partial charge in [0.15, 0.2) is 0 Å². The smallest absolute Gasteiger partial charge is 0.325 e. The SMILES string of the molecule is CC1(c2ccc(F)cc2)NC(=O)N(CC(O)COc2ccc(F)cc2)C1=O. The van der Waals surface area contributed by atoms with E-state index in [1.54, 1.807) is 0 Å². The first-order valence-electron chi connectivity index (χ1n) is 8.26. The van der Waals surface area contributed by atoms with Crippen molar-refractivity contribution < 1.29 is 28.2 Å². The third kappa shape index (κ3) is 3.90. The van der Waals surface area contributed by atoms with Gasteiger partial charge in [-0.25, -0.2) is 13.6 Å². The molecule has 1 heterocycles. The van der Waals surface area contributed by atoms with Crippen LogP contribution in [0.1, 0.15) is 12.5 Å². The van der Waals surface area contributed by atoms with Crippen molar-refractivity contribution in [3.05, 3.63) is 65.7 Å². The fourth-order valence-electron chi connectivity index (χ4n) is 2.83. The fraction of sp³-hybridized carbons (Fsp3) is 0.263. The molecule has 27 heavy (non-hydrogen) atoms. The van der Waals surface area contributed by atoms with Crippen molar-refractivity contribution in [3.8, 4) is 5.75 Å². The lowest BCUT2D eigenvalue weighted by Crippen LogP contribution is -2.42. The molecule has 8 heteroatoms. The van der Waals surface area contributed by atoms with Gasteiger partial charge in [0, 0.05) is 0 Å². The van der Waals surface area contributed by atoms with E-state index in [-0.39, 0.29) is 13.2 Å². The summed E-state index contributed by atoms with van der Waals surface area (Å²) in [6, 6.07) is 9.83. The molecule has 1 fully saturated rings. The van der Waals surface area contributed by atoms with Gasteiger partial charge in [-0.1, -0.05) is 12.1 Å². The van der Waals surface area contributed by atoms with Crippen molar-refractivity contribution in [2.45, 2.75) is 18.6 Å². The maximum atomic E-state index is 13.1. The van der Waals surface area contributed by atoms with Crippen LogP contribution in [0, 0.1) is 11.6 Å². The van der Waals surface area contributed by atoms with E-state index in [1.165, 1.54) is 55.5 Å². The maximum absolute atomic E-state index is 13.1. The second-order valence-corrected chi connectivity index (χ2v) is 6.40. The van der Waals surface area contributed by atoms with Crippen molar-refractivity contribution in [2.24, 2.45) is 0 Å². The number of aliphatic hydroxyl groups is 1. The zero-order chi connectivity index (χ0) is 19.6. The minimum absolute atomic E-state index is 0.185. The summed E-state index contributed by atoms with van der Waals surface area (Å²) in [4.78, 5) is 25.8. The van der Waals surface area contributed by atoms with E-state index in [2.05, 4.69) is 5.32 Å². The number of amides is 3. The molecule has 6 nitrogen and oxygen atoms in total. The number of nitrogens with zero attached hydrogens (tertiary/aromatic N) is 1. The van der Waals surface area contributed by atoms with Crippen LogP contribution < -0.4 is 10.1 Å². The largest absolute Gasteiger partial charge is 0.491 e. The zero-order valence-electron chi connectivity index (χ0n) is 14.5. The van der Waals surface area contributed by atoms with Crippen molar-refractivity contribution in [2.75, 3.05) is 13.2 Å². The number of β-amino-alcohol motifs (C(OH)–C–C–N with tert-alkyl or cyclic N) is 1. The van der Waals surface area contributed by atoms with Gasteiger partial charge in [-0.15, -0.1) is 0 Å². The Hall–Kier alpha value is -3.00. The molecule has 3 amide bonds. The monoisotopic (exact) mass is 376 g/mol. The van der Waals surface area contributed by atoms with Crippen molar-refractivity contribution in [1.29, 1.82) is 0 Å². The van der Waals surface area contributed by atoms with Crippen LogP contribution in [0.5, 0.6) is 5.75 Å². The number of carbonyl (C=O) groups excluding carboxylic acids is 2. The molecule has 1 aliphatic rings. The van der Waals surface area contributed by atoms with E-state index in [9.17, 15) is 23.5 Å². The van der Waals surface area contributed by atoms with Gasteiger partial charge in [0.05, 0.1) is 6.54 Å². The van der Waals surface area contributed by atoms with E-state index in [1.807, 2.05) is 0 Å². The van der Waals surface area contributed by atoms with Crippen LogP contribution in [-0.2, 0) is 10.3 Å². The molecule has 0 spiro atoms. The highest BCUT2D eigenvalue weighted by Gasteiger charge is 2.49. The van der Waals surface area contributed by atoms with Gasteiger partial charge in [-0.05, 0) is 48.9 Å². The van der Waals surface area contributed by atoms with Gasteiger partial charge < -0.3 is 15.2 Å². The molecular formula is C19H18F2N2O4. The molecule has 2 unspecified atom stereocenters. The lowest BCUT2D eigenvalue weighted by molar-refractivity contribution is -0.132. The molecule has 0 aromatic heterocycles. The Labute approximate surface area is 154 Å². The second-order valence-electron chi connectivity index (χ2n) is 6.40. The number of halogens is 2. The van der Waals surface area contributed by atoms with E-state index in [0.29, 0.717) is 11.3 Å². The van der Waals surface area contributed by atoms with Crippen LogP contribution in [-0.4, -0.2) is 41.2 Å². The number of urea groups is 1. The van der Waals surface area contributed by atoms with Gasteiger partial charge in [-0.3, -0.25) is 9.69 Å². The molecule has 2 atom stereocenters. The predicted molar refractivity (Wildman–Crippen MR) is 91.9 cm³/mol. The molecule has 142 valence electrons. The van der Waals surface area contributed by atoms with Gasteiger partial charge >= 0.3 is 6.03 Å². The lowest BCUT2D eigenvalue weighted by atomic mass is 9.92. The first kappa shape index (κ1) is 18.8. The molecule has 0 aliphatic carbocycles. The first-order valence-corrected chi connectivity index (χ1v) is 8.26. The molecule has 0 saturated carbocycles. The first-order chi connectivity index (χ1) is 12.8. The summed E-state index contributed by atoms with van der Waals surface area (Å²) in [5.41, 5.74) is -0.913. The summed E-state index contributed by atoms with van der Waals surface area (Å²) in [7, 11) is 0. The Balaban J connectivity index is 1.64. The van der Waals surface area contributed by atoms with Crippen LogP contribution in [0.25, 0.3) is 0 Å². The van der Waals surface area contributed by atoms with Gasteiger partial charge in [-0.2, -0.15) is 0 Å². The fourth-order valence-corrected chi connectivity index (χ4v) is 2.83. The third-order valence-corrected chi connectivity index (χ3v) is 4.35. The summed E-state index contributed by atoms with van der Waals surface area (Å²) >= 11 is 0. The molecular weight excluding hydrogens is 358 g/mol. The maximum Gasteiger partial charge on any atom is 0.325 e. The van der Waals surface area contributed by atoms with Crippen LogP contribution in [0.2, 0.25) is 0 Å². The number of hydrogen-bond donors (Lipinski definition) is 2. The quantitative estimate of drug-likeness (QED) is 0.758. The molecule has 3 rings (SSSR count). The number of benzene rings is 2. The van der Waals surface area contributed by atoms with Crippen molar-refractivity contribution >= 4 is 11.9 Å². The number of rotatable bonds is 6. The number of carbonyl (C=O) groups is 2. The summed E-state index contributed by atoms with van der Waals surface area (Å²) in [5, 5.41) is 12.7. The van der Waals surface area contributed by atoms with Gasteiger partial charge in [0.2, 0.25) is 0 Å². The summed E-state index contributed by atoms with van der Waals surface area (Å²) in [6.45, 7) is 1.06. The van der Waals surface area contributed by atoms with E-state index >= 15 is 0 Å². The van der Waals surface area contributed by atoms with Crippen LogP contribution in [0.3, 0.4) is 0 Å². The Morgan fingerprint density at radius 3 is 2.22 bits per heavy atom. The topological polar surface area (TPSA) is 78.9 Å². The molecule has 0 bridgehead atoms. The Morgan fingerprint density at radius 2 is 1.63 bits per heavy atom. The van der Waals surface area contributed by atoms with E-state index < -0.39 is 35.2 Å². The Bertz CT molecular complexity index is 842. The highest BCUT2D eigenvalue weighted by molar-refractivity contribution is 6.07. The highest BCUT2D eigenvalue weighted by Crippen LogP contribution is 2.29. The van der Waals surface area contributed by atoms with Crippen molar-refractivity contribution in [1.82, 2.24) is 10.2 Å². The van der Waals surface area contributed by atoms with Gasteiger partial charge in [0.25, 0.3) is 5.91 Å². The number of aliphatic hydroxyl groups excluding tert-OH is 1. The van der Waals surface area contributed by atoms with Crippen LogP contribution in [0.15, 0.2) is 48.5 Å². The second kappa shape index (κ2) is 7.32. The average Bonchev–Trinajstić information content (AvgIpc) is 2.86. The Morgan fingerprint density at radius 1 is 1.07 bits per heavy atom. The third-order valence-electron chi connectivity index (χ3n) is 4.35. The van der Waals surface area contributed by atoms with Crippen LogP contribution >= 0.6 is 0 Å². The van der Waals surface area contributed by atoms with Gasteiger partial charge in [0.1, 0.15) is 35.6 Å². The van der Waals surface area contributed by atoms with Crippen LogP contribution in [0.4, 0.5) is 13.6 Å². The summed E-state index contributed by atoms with van der Waals surface area (Å²) in [5.74, 6) is -1.07. The summed E-state index contributed by atoms with van der Waals surface area (Å²) in [6.07, 6.45) is -1.14. The standard InChI is InChI=1S/C19H18F2N2O4/c1-19(12-2-4-13(20)5-3-12)17(25)23(18(26)22-19)10-15(24)11-27-16-8-6-14(21)7-9-16/h2-9,15,24H,10-11H2,1H3,(H,22,26). The minimum atomic E-state index is -1.34. The van der Waals surface area contributed by atoms with E-state index in [4.69, 9.17) is 4.74 Å². The lowest BCUT2D eigenvalue weighted by Gasteiger charge is -2.23. The molecule has 0 radical (unpaired) electrons. The average molecular weight is 376 g/mol. The molecule has 1 aliphatic heterocycles. The molecule has 2 N–H and O–H groups in total. The Kier molecular flexibility index (Phi) is 5.09. The van der Waals surface area contributed by atoms with Crippen molar-refractivity contribution in [3.63, 3.8) is 0 Å². The van der Waals surface area contributed by atoms with E-state index in [0.717, 1.165) is 4.90 Å². The molecule has 2 aromatic rings. The number of nitrogens with one attached hydrogen (secondary N) is 1. The highest BCUT2D eigenvalue weighted by atomic mass is 19.1. The number of imide groups is 1. The minimum Gasteiger partial charge on any atom is -0.491 e. The number of ether oxygens (including phenoxy) is 1. The molecule has 2 aromatic carbocycles. The molecule has 1 saturated heterocycles. The zero-order valence-corrected chi connectivity index (χ0v) is 14.5. The number of hydrogen-bond acceptors (Lipinski definition) is 4. The predicted octanol–water partition coefficient (Wildman–Crippen LogP) is 2.17.